The number of carbonyl (C=O) groups excluding carboxylic acids is 1. The van der Waals surface area contributed by atoms with Crippen LogP contribution in [0.2, 0.25) is 0 Å². The summed E-state index contributed by atoms with van der Waals surface area (Å²) in [4.78, 5) is 13.8. The molecule has 1 saturated carbocycles. The summed E-state index contributed by atoms with van der Waals surface area (Å²) >= 11 is 0. The van der Waals surface area contributed by atoms with E-state index in [1.54, 1.807) is 0 Å². The molecule has 0 bridgehead atoms. The molecular weight excluding hydrogens is 234 g/mol. The van der Waals surface area contributed by atoms with Gasteiger partial charge >= 0.3 is 0 Å². The van der Waals surface area contributed by atoms with Crippen molar-refractivity contribution in [3.05, 3.63) is 35.9 Å². The highest BCUT2D eigenvalue weighted by molar-refractivity contribution is 5.54. The van der Waals surface area contributed by atoms with Gasteiger partial charge in [0.25, 0.3) is 0 Å². The number of nitrogens with zero attached hydrogens (tertiary/aromatic N) is 1. The summed E-state index contributed by atoms with van der Waals surface area (Å²) in [6.45, 7) is 2.50. The zero-order chi connectivity index (χ0) is 13.1. The lowest BCUT2D eigenvalue weighted by Gasteiger charge is -2.40. The van der Waals surface area contributed by atoms with Crippen LogP contribution < -0.4 is 0 Å². The highest BCUT2D eigenvalue weighted by Gasteiger charge is 2.35. The van der Waals surface area contributed by atoms with Gasteiger partial charge < -0.3 is 4.79 Å². The number of hydrogen-bond acceptors (Lipinski definition) is 2. The minimum atomic E-state index is 0.268. The van der Waals surface area contributed by atoms with Crippen LogP contribution in [0, 0.1) is 5.92 Å². The molecule has 1 saturated heterocycles. The van der Waals surface area contributed by atoms with E-state index in [2.05, 4.69) is 35.2 Å². The van der Waals surface area contributed by atoms with Crippen LogP contribution in [-0.4, -0.2) is 30.3 Å². The summed E-state index contributed by atoms with van der Waals surface area (Å²) in [6.07, 6.45) is 7.16. The summed E-state index contributed by atoms with van der Waals surface area (Å²) in [6, 6.07) is 11.5. The number of benzene rings is 1. The second-order valence-electron chi connectivity index (χ2n) is 6.04. The molecule has 102 valence electrons. The lowest BCUT2D eigenvalue weighted by atomic mass is 9.74. The van der Waals surface area contributed by atoms with Crippen molar-refractivity contribution in [2.45, 2.75) is 44.1 Å². The van der Waals surface area contributed by atoms with Crippen LogP contribution in [0.15, 0.2) is 30.3 Å². The fourth-order valence-electron chi connectivity index (χ4n) is 3.88. The first-order valence-electron chi connectivity index (χ1n) is 7.63. The number of carbonyl (C=O) groups is 1. The van der Waals surface area contributed by atoms with E-state index in [1.807, 2.05) is 0 Å². The molecule has 2 heteroatoms. The Hall–Kier alpha value is -1.15. The van der Waals surface area contributed by atoms with Crippen molar-refractivity contribution < 1.29 is 4.79 Å². The maximum absolute atomic E-state index is 11.2. The predicted octanol–water partition coefficient (Wildman–Crippen LogP) is 3.23. The zero-order valence-electron chi connectivity index (χ0n) is 11.5. The van der Waals surface area contributed by atoms with Gasteiger partial charge in [-0.1, -0.05) is 30.3 Å². The van der Waals surface area contributed by atoms with Crippen molar-refractivity contribution in [1.82, 2.24) is 4.90 Å². The van der Waals surface area contributed by atoms with Gasteiger partial charge in [-0.2, -0.15) is 0 Å². The third-order valence-electron chi connectivity index (χ3n) is 4.88. The Kier molecular flexibility index (Phi) is 3.97. The van der Waals surface area contributed by atoms with Crippen molar-refractivity contribution in [2.75, 3.05) is 13.1 Å². The van der Waals surface area contributed by atoms with E-state index in [4.69, 9.17) is 0 Å². The third kappa shape index (κ3) is 2.74. The van der Waals surface area contributed by atoms with Crippen LogP contribution in [0.5, 0.6) is 0 Å². The minimum Gasteiger partial charge on any atom is -0.303 e. The highest BCUT2D eigenvalue weighted by atomic mass is 16.1. The Balaban J connectivity index is 1.82. The fourth-order valence-corrected chi connectivity index (χ4v) is 3.88. The van der Waals surface area contributed by atoms with Gasteiger partial charge in [0, 0.05) is 17.9 Å². The van der Waals surface area contributed by atoms with Crippen molar-refractivity contribution in [2.24, 2.45) is 5.92 Å². The molecule has 1 aliphatic heterocycles. The minimum absolute atomic E-state index is 0.268. The summed E-state index contributed by atoms with van der Waals surface area (Å²) in [5.41, 5.74) is 1.42. The molecular formula is C17H23NO. The highest BCUT2D eigenvalue weighted by Crippen LogP contribution is 2.39. The predicted molar refractivity (Wildman–Crippen MR) is 77.2 cm³/mol. The van der Waals surface area contributed by atoms with Crippen molar-refractivity contribution in [3.8, 4) is 0 Å². The van der Waals surface area contributed by atoms with E-state index >= 15 is 0 Å². The smallest absolute Gasteiger partial charge is 0.123 e. The first-order valence-corrected chi connectivity index (χ1v) is 7.63. The van der Waals surface area contributed by atoms with Gasteiger partial charge in [-0.15, -0.1) is 0 Å². The molecule has 3 rings (SSSR count). The fraction of sp³-hybridized carbons (Fsp3) is 0.588. The number of aldehydes is 1. The molecule has 0 spiro atoms. The van der Waals surface area contributed by atoms with Crippen molar-refractivity contribution in [3.63, 3.8) is 0 Å². The summed E-state index contributed by atoms with van der Waals surface area (Å²) in [7, 11) is 0. The molecule has 2 nitrogen and oxygen atoms in total. The Labute approximate surface area is 115 Å². The lowest BCUT2D eigenvalue weighted by molar-refractivity contribution is -0.112. The van der Waals surface area contributed by atoms with E-state index < -0.39 is 0 Å². The van der Waals surface area contributed by atoms with Gasteiger partial charge in [0.05, 0.1) is 0 Å². The van der Waals surface area contributed by atoms with Gasteiger partial charge in [-0.05, 0) is 50.8 Å². The number of hydrogen-bond donors (Lipinski definition) is 0. The lowest BCUT2D eigenvalue weighted by Crippen LogP contribution is -2.41. The molecule has 3 atom stereocenters. The Morgan fingerprint density at radius 3 is 2.47 bits per heavy atom. The van der Waals surface area contributed by atoms with E-state index in [0.717, 1.165) is 12.8 Å². The van der Waals surface area contributed by atoms with Gasteiger partial charge in [0.2, 0.25) is 0 Å². The van der Waals surface area contributed by atoms with E-state index in [-0.39, 0.29) is 5.92 Å². The van der Waals surface area contributed by atoms with E-state index in [1.165, 1.54) is 44.2 Å². The molecule has 1 aliphatic carbocycles. The second-order valence-corrected chi connectivity index (χ2v) is 6.04. The Morgan fingerprint density at radius 1 is 1.05 bits per heavy atom. The topological polar surface area (TPSA) is 20.3 Å². The van der Waals surface area contributed by atoms with Crippen LogP contribution >= 0.6 is 0 Å². The molecule has 1 aromatic carbocycles. The first kappa shape index (κ1) is 12.9. The molecule has 2 aliphatic rings. The standard InChI is InChI=1S/C17H23NO/c19-13-14-8-9-17(18-10-4-5-11-18)16(12-14)15-6-2-1-3-7-15/h1-3,6-7,13-14,16-17H,4-5,8-12H2. The van der Waals surface area contributed by atoms with Gasteiger partial charge in [0.15, 0.2) is 0 Å². The normalized spacial score (nSPS) is 32.3. The van der Waals surface area contributed by atoms with Gasteiger partial charge in [-0.3, -0.25) is 4.90 Å². The second kappa shape index (κ2) is 5.87. The van der Waals surface area contributed by atoms with Crippen LogP contribution in [-0.2, 0) is 4.79 Å². The monoisotopic (exact) mass is 257 g/mol. The van der Waals surface area contributed by atoms with Gasteiger partial charge in [-0.25, -0.2) is 0 Å². The van der Waals surface area contributed by atoms with Gasteiger partial charge in [0.1, 0.15) is 6.29 Å². The molecule has 1 heterocycles. The average Bonchev–Trinajstić information content (AvgIpc) is 3.01. The van der Waals surface area contributed by atoms with Crippen LogP contribution in [0.1, 0.15) is 43.6 Å². The number of likely N-dealkylation sites (tertiary alicyclic amines) is 1. The summed E-state index contributed by atoms with van der Waals surface area (Å²) in [5.74, 6) is 0.812. The molecule has 0 amide bonds. The average molecular weight is 257 g/mol. The first-order chi connectivity index (χ1) is 9.38. The van der Waals surface area contributed by atoms with E-state index in [9.17, 15) is 4.79 Å². The SMILES string of the molecule is O=CC1CCC(N2CCCC2)C(c2ccccc2)C1. The van der Waals surface area contributed by atoms with Crippen molar-refractivity contribution >= 4 is 6.29 Å². The van der Waals surface area contributed by atoms with Crippen LogP contribution in [0.25, 0.3) is 0 Å². The molecule has 0 radical (unpaired) electrons. The zero-order valence-corrected chi connectivity index (χ0v) is 11.5. The largest absolute Gasteiger partial charge is 0.303 e. The van der Waals surface area contributed by atoms with Crippen LogP contribution in [0.4, 0.5) is 0 Å². The number of rotatable bonds is 3. The quantitative estimate of drug-likeness (QED) is 0.775. The molecule has 19 heavy (non-hydrogen) atoms. The Bertz CT molecular complexity index is 411. The molecule has 1 aromatic rings. The molecule has 3 unspecified atom stereocenters. The molecule has 0 aromatic heterocycles. The van der Waals surface area contributed by atoms with Crippen LogP contribution in [0.3, 0.4) is 0 Å². The third-order valence-corrected chi connectivity index (χ3v) is 4.88. The summed E-state index contributed by atoms with van der Waals surface area (Å²) in [5, 5.41) is 0. The summed E-state index contributed by atoms with van der Waals surface area (Å²) < 4.78 is 0. The molecule has 0 N–H and O–H groups in total. The van der Waals surface area contributed by atoms with Crippen molar-refractivity contribution in [1.29, 1.82) is 0 Å². The maximum atomic E-state index is 11.2. The maximum Gasteiger partial charge on any atom is 0.123 e. The Morgan fingerprint density at radius 2 is 1.79 bits per heavy atom. The van der Waals surface area contributed by atoms with E-state index in [0.29, 0.717) is 12.0 Å². The molecule has 2 fully saturated rings.